The van der Waals surface area contributed by atoms with Gasteiger partial charge in [-0.05, 0) is 109 Å². The fraction of sp³-hybridized carbons (Fsp3) is 0. The molecule has 0 bridgehead atoms. The molecule has 0 saturated heterocycles. The second-order valence-corrected chi connectivity index (χ2v) is 27.8. The molecule has 7 heterocycles. The lowest BCUT2D eigenvalue weighted by Gasteiger charge is -2.06. The lowest BCUT2D eigenvalue weighted by Crippen LogP contribution is -2.02. The molecule has 37 nitrogen and oxygen atoms in total. The fourth-order valence-electron chi connectivity index (χ4n) is 13.5. The summed E-state index contributed by atoms with van der Waals surface area (Å²) in [5, 5.41) is 219. The van der Waals surface area contributed by atoms with Gasteiger partial charge in [0.25, 0.3) is 0 Å². The van der Waals surface area contributed by atoms with Crippen molar-refractivity contribution in [3.63, 3.8) is 0 Å². The standard InChI is InChI=1S/4C13H8O6.C13H8O5.2C13H8O4/c14-7-1-5-11(3-9(7)16)19-12-4-10(17)8(15)2-6(12)13(5)18;14-5-1-9(17)12-11(2-5)19-10-4-8(16)7(15)3-6(10)13(12)18;14-7-3-1-5-9(16)6-2-4-8(15)11(18)13(6)19-12(5)10(7)17;14-5-3-8(16)10-9(4-5)19-13-6(11(10)17)1-2-7(15)12(13)18;14-6-1-2-10-8(3-6)13(17)12-9(16)4-7(15)5-11(12)18-10;14-7-4-5-8-11(6-7)17-10-3-1-2-9(15)12(10)13(8)16;14-7-5-9(15)12-11(6-7)17-10-4-2-1-3-8(10)13(12)16/h2*1-4,14-17H;1-4,14-15,17-18H;1-4,14-16,18H;1-5,14-16H;2*1-6,14-15H. The molecule has 21 aromatic rings. The summed E-state index contributed by atoms with van der Waals surface area (Å²) in [7, 11) is 0. The number of phenolic OH excluding ortho intramolecular Hbond substituents is 23. The van der Waals surface area contributed by atoms with Crippen molar-refractivity contribution in [2.75, 3.05) is 0 Å². The van der Waals surface area contributed by atoms with E-state index in [0.717, 1.165) is 72.8 Å². The highest BCUT2D eigenvalue weighted by Gasteiger charge is 2.23. The maximum absolute atomic E-state index is 12.2. The van der Waals surface area contributed by atoms with Gasteiger partial charge < -0.3 is 148 Å². The van der Waals surface area contributed by atoms with Crippen molar-refractivity contribution >= 4 is 154 Å². The Hall–Kier alpha value is -19.2. The molecule has 0 aliphatic carbocycles. The zero-order chi connectivity index (χ0) is 91.8. The third-order valence-corrected chi connectivity index (χ3v) is 19.5. The van der Waals surface area contributed by atoms with Crippen molar-refractivity contribution in [3.8, 4) is 132 Å². The van der Waals surface area contributed by atoms with Crippen molar-refractivity contribution < 1.29 is 148 Å². The van der Waals surface area contributed by atoms with Crippen LogP contribution in [0.5, 0.6) is 132 Å². The highest BCUT2D eigenvalue weighted by molar-refractivity contribution is 6.02. The van der Waals surface area contributed by atoms with Gasteiger partial charge >= 0.3 is 0 Å². The van der Waals surface area contributed by atoms with E-state index in [9.17, 15) is 151 Å². The molecule has 0 radical (unpaired) electrons. The molecule has 0 spiro atoms. The van der Waals surface area contributed by atoms with Crippen LogP contribution in [0.1, 0.15) is 0 Å². The minimum Gasteiger partial charge on any atom is -0.508 e. The minimum absolute atomic E-state index is 0.0138. The van der Waals surface area contributed by atoms with Gasteiger partial charge in [-0.15, -0.1) is 0 Å². The van der Waals surface area contributed by atoms with Crippen LogP contribution in [0.4, 0.5) is 0 Å². The van der Waals surface area contributed by atoms with E-state index < -0.39 is 108 Å². The summed E-state index contributed by atoms with van der Waals surface area (Å²) >= 11 is 0. The summed E-state index contributed by atoms with van der Waals surface area (Å²) in [6.07, 6.45) is 0. The van der Waals surface area contributed by atoms with Crippen LogP contribution in [0.2, 0.25) is 0 Å². The number of rotatable bonds is 0. The van der Waals surface area contributed by atoms with E-state index in [1.807, 2.05) is 0 Å². The third kappa shape index (κ3) is 15.4. The van der Waals surface area contributed by atoms with Gasteiger partial charge in [-0.1, -0.05) is 18.2 Å². The summed E-state index contributed by atoms with van der Waals surface area (Å²) < 4.78 is 37.5. The second kappa shape index (κ2) is 32.4. The SMILES string of the molecule is O=c1c2cc(O)c(O)cc2oc2cc(O)c(O)cc12.O=c1c2cc(O)c(O)cc2oc2cc(O)cc(O)c12.O=c1c2cc(O)ccc2oc2cc(O)cc(O)c12.O=c1c2ccc(O)c(O)c2oc2c(O)c(O)ccc12.O=c1c2ccc(O)c(O)c2oc2cc(O)cc(O)c12.O=c1c2ccc(O)cc2oc2cccc(O)c12.O=c1c2ccccc2oc2cc(O)cc(O)c12. The Morgan fingerprint density at radius 3 is 0.867 bits per heavy atom. The van der Waals surface area contributed by atoms with Crippen LogP contribution in [0.15, 0.2) is 265 Å². The van der Waals surface area contributed by atoms with Gasteiger partial charge in [-0.2, -0.15) is 0 Å². The topological polar surface area (TPSA) is 677 Å². The van der Waals surface area contributed by atoms with Gasteiger partial charge in [0.05, 0.1) is 48.5 Å². The summed E-state index contributed by atoms with van der Waals surface area (Å²) in [5.74, 6) is -8.20. The van der Waals surface area contributed by atoms with E-state index in [4.69, 9.17) is 30.9 Å². The van der Waals surface area contributed by atoms with Crippen molar-refractivity contribution in [2.24, 2.45) is 0 Å². The molecule has 7 aromatic heterocycles. The number of phenols is 23. The Balaban J connectivity index is 0.000000115. The van der Waals surface area contributed by atoms with Crippen molar-refractivity contribution in [3.05, 3.63) is 272 Å². The third-order valence-electron chi connectivity index (χ3n) is 19.5. The second-order valence-electron chi connectivity index (χ2n) is 27.8. The largest absolute Gasteiger partial charge is 0.508 e. The van der Waals surface area contributed by atoms with Gasteiger partial charge in [-0.3, -0.25) is 33.6 Å². The molecule has 642 valence electrons. The lowest BCUT2D eigenvalue weighted by molar-refractivity contribution is 0.394. The average molecular weight is 1740 g/mol. The number of fused-ring (bicyclic) bond motifs is 14. The Morgan fingerprint density at radius 2 is 0.422 bits per heavy atom. The Kier molecular flexibility index (Phi) is 21.2. The molecule has 0 saturated carbocycles. The number of benzene rings is 14. The van der Waals surface area contributed by atoms with Crippen LogP contribution in [0.3, 0.4) is 0 Å². The molecule has 0 aliphatic heterocycles. The first-order valence-corrected chi connectivity index (χ1v) is 36.5. The van der Waals surface area contributed by atoms with Crippen LogP contribution in [0, 0.1) is 0 Å². The molecule has 0 amide bonds. The quantitative estimate of drug-likeness (QED) is 0.0495. The van der Waals surface area contributed by atoms with Gasteiger partial charge in [0.2, 0.25) is 55.3 Å². The number of hydrogen-bond acceptors (Lipinski definition) is 37. The fourth-order valence-corrected chi connectivity index (χ4v) is 13.5. The van der Waals surface area contributed by atoms with Crippen molar-refractivity contribution in [1.29, 1.82) is 0 Å². The van der Waals surface area contributed by atoms with Crippen molar-refractivity contribution in [2.45, 2.75) is 0 Å². The molecule has 0 unspecified atom stereocenters. The summed E-state index contributed by atoms with van der Waals surface area (Å²) in [5.41, 5.74) is -2.24. The smallest absolute Gasteiger partial charge is 0.204 e. The molecule has 0 fully saturated rings. The highest BCUT2D eigenvalue weighted by atomic mass is 16.4. The molecule has 14 aromatic carbocycles. The Labute approximate surface area is 702 Å². The van der Waals surface area contributed by atoms with E-state index in [1.54, 1.807) is 36.4 Å². The summed E-state index contributed by atoms with van der Waals surface area (Å²) in [6, 6.07) is 42.8. The number of aromatic hydroxyl groups is 23. The molecule has 0 aliphatic rings. The maximum Gasteiger partial charge on any atom is 0.204 e. The van der Waals surface area contributed by atoms with E-state index >= 15 is 0 Å². The van der Waals surface area contributed by atoms with Crippen LogP contribution in [-0.2, 0) is 0 Å². The van der Waals surface area contributed by atoms with E-state index in [0.29, 0.717) is 27.5 Å². The number of para-hydroxylation sites is 1. The monoisotopic (exact) mass is 1740 g/mol. The van der Waals surface area contributed by atoms with Gasteiger partial charge in [0.1, 0.15) is 152 Å². The van der Waals surface area contributed by atoms with Crippen LogP contribution in [-0.4, -0.2) is 117 Å². The predicted octanol–water partition coefficient (Wildman–Crippen LogP) is 13.9. The van der Waals surface area contributed by atoms with Gasteiger partial charge in [0.15, 0.2) is 68.5 Å². The van der Waals surface area contributed by atoms with Crippen LogP contribution < -0.4 is 38.0 Å². The zero-order valence-corrected chi connectivity index (χ0v) is 64.1. The molecule has 37 heteroatoms. The predicted molar refractivity (Wildman–Crippen MR) is 458 cm³/mol. The Morgan fingerprint density at radius 1 is 0.148 bits per heavy atom. The highest BCUT2D eigenvalue weighted by Crippen LogP contribution is 2.43. The molecule has 128 heavy (non-hydrogen) atoms. The van der Waals surface area contributed by atoms with Crippen molar-refractivity contribution in [1.82, 2.24) is 0 Å². The van der Waals surface area contributed by atoms with Crippen LogP contribution in [0.25, 0.3) is 154 Å². The zero-order valence-electron chi connectivity index (χ0n) is 64.1. The van der Waals surface area contributed by atoms with E-state index in [2.05, 4.69) is 0 Å². The molecular weight excluding hydrogens is 1680 g/mol. The summed E-state index contributed by atoms with van der Waals surface area (Å²) in [4.78, 5) is 85.1. The van der Waals surface area contributed by atoms with E-state index in [1.165, 1.54) is 91.0 Å². The number of hydrogen-bond donors (Lipinski definition) is 23. The first-order chi connectivity index (χ1) is 60.8. The van der Waals surface area contributed by atoms with E-state index in [-0.39, 0.29) is 189 Å². The molecule has 23 N–H and O–H groups in total. The normalized spacial score (nSPS) is 11.1. The minimum atomic E-state index is -0.598. The molecular formula is C91H56O37. The molecule has 0 atom stereocenters. The van der Waals surface area contributed by atoms with Crippen LogP contribution >= 0.6 is 0 Å². The summed E-state index contributed by atoms with van der Waals surface area (Å²) in [6.45, 7) is 0. The van der Waals surface area contributed by atoms with Gasteiger partial charge in [-0.25, -0.2) is 0 Å². The van der Waals surface area contributed by atoms with Gasteiger partial charge in [0, 0.05) is 72.8 Å². The maximum atomic E-state index is 12.2. The Bertz CT molecular complexity index is 8560. The first kappa shape index (κ1) is 83.8. The molecule has 21 rings (SSSR count). The average Bonchev–Trinajstić information content (AvgIpc) is 0.757. The first-order valence-electron chi connectivity index (χ1n) is 36.5. The lowest BCUT2D eigenvalue weighted by atomic mass is 10.1.